The molecule has 0 unspecified atom stereocenters. The van der Waals surface area contributed by atoms with Crippen molar-refractivity contribution >= 4 is 39.0 Å². The SMILES string of the molecule is CCOC(=O)c1nn(-c2ccc(C(F)(F)F)cc2)c(=O)c2c(NC(=O)c3cnccn3)scc12. The molecule has 0 fully saturated rings. The van der Waals surface area contributed by atoms with Crippen molar-refractivity contribution in [3.8, 4) is 5.69 Å². The number of esters is 1. The molecule has 0 spiro atoms. The first-order valence-corrected chi connectivity index (χ1v) is 10.5. The normalized spacial score (nSPS) is 11.4. The molecule has 0 saturated heterocycles. The summed E-state index contributed by atoms with van der Waals surface area (Å²) in [5.41, 5.74) is -1.91. The lowest BCUT2D eigenvalue weighted by Gasteiger charge is -2.11. The fourth-order valence-corrected chi connectivity index (χ4v) is 3.97. The predicted octanol–water partition coefficient (Wildman–Crippen LogP) is 3.69. The Labute approximate surface area is 192 Å². The van der Waals surface area contributed by atoms with Crippen molar-refractivity contribution in [2.75, 3.05) is 11.9 Å². The number of carbonyl (C=O) groups excluding carboxylic acids is 2. The van der Waals surface area contributed by atoms with E-state index < -0.39 is 29.2 Å². The molecular weight excluding hydrogens is 475 g/mol. The number of alkyl halides is 3. The van der Waals surface area contributed by atoms with E-state index in [0.29, 0.717) is 0 Å². The summed E-state index contributed by atoms with van der Waals surface area (Å²) in [6.07, 6.45) is -0.627. The van der Waals surface area contributed by atoms with Gasteiger partial charge in [0, 0.05) is 23.2 Å². The summed E-state index contributed by atoms with van der Waals surface area (Å²) in [4.78, 5) is 46.1. The first-order valence-electron chi connectivity index (χ1n) is 9.67. The van der Waals surface area contributed by atoms with E-state index in [1.54, 1.807) is 6.92 Å². The second kappa shape index (κ2) is 9.02. The van der Waals surface area contributed by atoms with Crippen molar-refractivity contribution in [2.24, 2.45) is 0 Å². The molecule has 0 aliphatic carbocycles. The third-order valence-electron chi connectivity index (χ3n) is 4.58. The van der Waals surface area contributed by atoms with Gasteiger partial charge in [0.05, 0.1) is 29.4 Å². The van der Waals surface area contributed by atoms with E-state index in [0.717, 1.165) is 40.3 Å². The number of aromatic nitrogens is 4. The molecule has 13 heteroatoms. The minimum atomic E-state index is -4.57. The molecule has 0 bridgehead atoms. The summed E-state index contributed by atoms with van der Waals surface area (Å²) in [5, 5.41) is 8.25. The molecular formula is C21H14F3N5O4S. The molecule has 4 aromatic rings. The van der Waals surface area contributed by atoms with Crippen LogP contribution in [0.4, 0.5) is 18.2 Å². The fraction of sp³-hybridized carbons (Fsp3) is 0.143. The van der Waals surface area contributed by atoms with Crippen molar-refractivity contribution in [1.29, 1.82) is 0 Å². The number of halogens is 3. The molecule has 174 valence electrons. The highest BCUT2D eigenvalue weighted by molar-refractivity contribution is 7.16. The number of anilines is 1. The number of nitrogens with one attached hydrogen (secondary N) is 1. The van der Waals surface area contributed by atoms with Gasteiger partial charge in [-0.25, -0.2) is 9.78 Å². The molecule has 0 radical (unpaired) electrons. The van der Waals surface area contributed by atoms with E-state index in [-0.39, 0.29) is 39.5 Å². The average Bonchev–Trinajstić information content (AvgIpc) is 3.23. The monoisotopic (exact) mass is 489 g/mol. The summed E-state index contributed by atoms with van der Waals surface area (Å²) >= 11 is 0.969. The van der Waals surface area contributed by atoms with Crippen LogP contribution in [0, 0.1) is 0 Å². The lowest BCUT2D eigenvalue weighted by molar-refractivity contribution is -0.137. The summed E-state index contributed by atoms with van der Waals surface area (Å²) in [7, 11) is 0. The standard InChI is InChI=1S/C21H14F3N5O4S/c1-2-33-20(32)16-13-10-34-18(27-17(30)14-9-25-7-8-26-14)15(13)19(31)29(28-16)12-5-3-11(4-6-12)21(22,23)24/h3-10H,2H2,1H3,(H,27,30). The highest BCUT2D eigenvalue weighted by Crippen LogP contribution is 2.32. The van der Waals surface area contributed by atoms with Gasteiger partial charge in [-0.15, -0.1) is 11.3 Å². The van der Waals surface area contributed by atoms with Crippen LogP contribution in [0.3, 0.4) is 0 Å². The zero-order valence-corrected chi connectivity index (χ0v) is 18.1. The van der Waals surface area contributed by atoms with Gasteiger partial charge >= 0.3 is 12.1 Å². The minimum Gasteiger partial charge on any atom is -0.461 e. The Kier molecular flexibility index (Phi) is 6.11. The Bertz CT molecular complexity index is 1430. The van der Waals surface area contributed by atoms with Gasteiger partial charge in [-0.3, -0.25) is 14.6 Å². The van der Waals surface area contributed by atoms with Crippen molar-refractivity contribution in [1.82, 2.24) is 19.7 Å². The number of rotatable bonds is 5. The number of thiophene rings is 1. The first kappa shape index (κ1) is 23.0. The van der Waals surface area contributed by atoms with Gasteiger partial charge in [0.15, 0.2) is 5.69 Å². The van der Waals surface area contributed by atoms with Gasteiger partial charge in [0.1, 0.15) is 10.7 Å². The van der Waals surface area contributed by atoms with Crippen molar-refractivity contribution in [2.45, 2.75) is 13.1 Å². The number of ether oxygens (including phenoxy) is 1. The zero-order valence-electron chi connectivity index (χ0n) is 17.3. The van der Waals surface area contributed by atoms with Crippen LogP contribution in [0.2, 0.25) is 0 Å². The van der Waals surface area contributed by atoms with Crippen LogP contribution in [0.15, 0.2) is 53.0 Å². The quantitative estimate of drug-likeness (QED) is 0.425. The fourth-order valence-electron chi connectivity index (χ4n) is 3.04. The van der Waals surface area contributed by atoms with Crippen LogP contribution in [0.1, 0.15) is 33.5 Å². The van der Waals surface area contributed by atoms with Crippen LogP contribution < -0.4 is 10.9 Å². The number of fused-ring (bicyclic) bond motifs is 1. The van der Waals surface area contributed by atoms with Crippen molar-refractivity contribution < 1.29 is 27.5 Å². The van der Waals surface area contributed by atoms with Gasteiger partial charge in [0.25, 0.3) is 11.5 Å². The molecule has 0 aliphatic rings. The van der Waals surface area contributed by atoms with E-state index in [9.17, 15) is 27.6 Å². The first-order chi connectivity index (χ1) is 16.2. The van der Waals surface area contributed by atoms with E-state index in [1.165, 1.54) is 24.0 Å². The van der Waals surface area contributed by atoms with E-state index in [1.807, 2.05) is 0 Å². The van der Waals surface area contributed by atoms with E-state index in [4.69, 9.17) is 4.74 Å². The predicted molar refractivity (Wildman–Crippen MR) is 116 cm³/mol. The molecule has 0 aliphatic heterocycles. The molecule has 0 atom stereocenters. The molecule has 34 heavy (non-hydrogen) atoms. The third kappa shape index (κ3) is 4.37. The highest BCUT2D eigenvalue weighted by atomic mass is 32.1. The number of hydrogen-bond acceptors (Lipinski definition) is 8. The number of benzene rings is 1. The van der Waals surface area contributed by atoms with E-state index in [2.05, 4.69) is 20.4 Å². The average molecular weight is 489 g/mol. The lowest BCUT2D eigenvalue weighted by atomic mass is 10.2. The Morgan fingerprint density at radius 3 is 2.53 bits per heavy atom. The van der Waals surface area contributed by atoms with E-state index >= 15 is 0 Å². The molecule has 9 nitrogen and oxygen atoms in total. The Morgan fingerprint density at radius 2 is 1.91 bits per heavy atom. The largest absolute Gasteiger partial charge is 0.461 e. The number of carbonyl (C=O) groups is 2. The molecule has 3 aromatic heterocycles. The minimum absolute atomic E-state index is 0.00760. The maximum absolute atomic E-state index is 13.3. The molecule has 1 N–H and O–H groups in total. The van der Waals surface area contributed by atoms with Crippen LogP contribution >= 0.6 is 11.3 Å². The number of amides is 1. The van der Waals surface area contributed by atoms with Gasteiger partial charge in [-0.1, -0.05) is 0 Å². The molecule has 3 heterocycles. The lowest BCUT2D eigenvalue weighted by Crippen LogP contribution is -2.25. The molecule has 4 rings (SSSR count). The van der Waals surface area contributed by atoms with Gasteiger partial charge in [-0.2, -0.15) is 23.0 Å². The highest BCUT2D eigenvalue weighted by Gasteiger charge is 2.30. The van der Waals surface area contributed by atoms with Crippen molar-refractivity contribution in [3.05, 3.63) is 75.5 Å². The summed E-state index contributed by atoms with van der Waals surface area (Å²) < 4.78 is 44.6. The second-order valence-electron chi connectivity index (χ2n) is 6.73. The van der Waals surface area contributed by atoms with Crippen LogP contribution in [0.25, 0.3) is 16.5 Å². The Balaban J connectivity index is 1.87. The second-order valence-corrected chi connectivity index (χ2v) is 7.61. The molecule has 0 saturated carbocycles. The topological polar surface area (TPSA) is 116 Å². The third-order valence-corrected chi connectivity index (χ3v) is 5.48. The summed E-state index contributed by atoms with van der Waals surface area (Å²) in [5.74, 6) is -1.48. The van der Waals surface area contributed by atoms with Crippen LogP contribution in [-0.4, -0.2) is 38.2 Å². The maximum Gasteiger partial charge on any atom is 0.416 e. The Morgan fingerprint density at radius 1 is 1.18 bits per heavy atom. The zero-order chi connectivity index (χ0) is 24.5. The Hall–Kier alpha value is -4.13. The summed E-state index contributed by atoms with van der Waals surface area (Å²) in [6.45, 7) is 1.61. The van der Waals surface area contributed by atoms with Gasteiger partial charge in [0.2, 0.25) is 0 Å². The maximum atomic E-state index is 13.3. The van der Waals surface area contributed by atoms with Gasteiger partial charge < -0.3 is 10.1 Å². The smallest absolute Gasteiger partial charge is 0.416 e. The number of hydrogen-bond donors (Lipinski definition) is 1. The number of nitrogens with zero attached hydrogens (tertiary/aromatic N) is 4. The van der Waals surface area contributed by atoms with Crippen LogP contribution in [-0.2, 0) is 10.9 Å². The van der Waals surface area contributed by atoms with Crippen molar-refractivity contribution in [3.63, 3.8) is 0 Å². The van der Waals surface area contributed by atoms with Gasteiger partial charge in [-0.05, 0) is 31.2 Å². The van der Waals surface area contributed by atoms with Crippen LogP contribution in [0.5, 0.6) is 0 Å². The molecule has 1 aromatic carbocycles. The molecule has 1 amide bonds. The summed E-state index contributed by atoms with van der Waals surface area (Å²) in [6, 6.07) is 3.70.